The number of carbonyl (C=O) groups is 2. The van der Waals surface area contributed by atoms with Crippen molar-refractivity contribution in [3.05, 3.63) is 84.0 Å². The number of aromatic nitrogens is 3. The van der Waals surface area contributed by atoms with Gasteiger partial charge in [-0.15, -0.1) is 10.2 Å². The molecule has 1 fully saturated rings. The van der Waals surface area contributed by atoms with Crippen LogP contribution in [0.3, 0.4) is 0 Å². The van der Waals surface area contributed by atoms with E-state index in [0.717, 1.165) is 25.9 Å². The van der Waals surface area contributed by atoms with Gasteiger partial charge in [0, 0.05) is 37.0 Å². The van der Waals surface area contributed by atoms with Crippen molar-refractivity contribution in [3.8, 4) is 40.1 Å². The zero-order valence-electron chi connectivity index (χ0n) is 23.9. The summed E-state index contributed by atoms with van der Waals surface area (Å²) < 4.78 is 7.58. The second-order valence-electron chi connectivity index (χ2n) is 10.4. The van der Waals surface area contributed by atoms with Gasteiger partial charge >= 0.3 is 0 Å². The largest absolute Gasteiger partial charge is 0.508 e. The third-order valence-electron chi connectivity index (χ3n) is 7.14. The summed E-state index contributed by atoms with van der Waals surface area (Å²) in [5, 5.41) is 32.2. The summed E-state index contributed by atoms with van der Waals surface area (Å²) in [4.78, 5) is 27.5. The van der Waals surface area contributed by atoms with Gasteiger partial charge in [0.05, 0.1) is 5.56 Å². The van der Waals surface area contributed by atoms with Gasteiger partial charge in [-0.05, 0) is 92.3 Å². The number of phenolic OH excluding ortho intramolecular Hbond substituents is 2. The second-order valence-corrected chi connectivity index (χ2v) is 10.4. The highest BCUT2D eigenvalue weighted by Crippen LogP contribution is 2.38. The van der Waals surface area contributed by atoms with Gasteiger partial charge in [0.1, 0.15) is 23.0 Å². The van der Waals surface area contributed by atoms with Crippen LogP contribution < -0.4 is 10.1 Å². The lowest BCUT2D eigenvalue weighted by Crippen LogP contribution is -2.35. The third kappa shape index (κ3) is 5.93. The Morgan fingerprint density at radius 2 is 1.57 bits per heavy atom. The highest BCUT2D eigenvalue weighted by atomic mass is 16.5. The van der Waals surface area contributed by atoms with Crippen LogP contribution in [0, 0.1) is 6.42 Å². The number of carbonyl (C=O) groups excluding carboxylic acids is 2. The van der Waals surface area contributed by atoms with Crippen molar-refractivity contribution < 1.29 is 24.5 Å². The molecule has 0 spiro atoms. The van der Waals surface area contributed by atoms with Gasteiger partial charge in [0.25, 0.3) is 11.8 Å². The first-order valence-electron chi connectivity index (χ1n) is 14.1. The lowest BCUT2D eigenvalue weighted by molar-refractivity contribution is 0.0741. The van der Waals surface area contributed by atoms with Gasteiger partial charge in [0.2, 0.25) is 5.82 Å². The summed E-state index contributed by atoms with van der Waals surface area (Å²) in [6.45, 7) is 7.55. The van der Waals surface area contributed by atoms with Crippen LogP contribution in [-0.4, -0.2) is 61.3 Å². The fourth-order valence-corrected chi connectivity index (χ4v) is 4.93. The van der Waals surface area contributed by atoms with Crippen molar-refractivity contribution in [2.45, 2.75) is 39.5 Å². The van der Waals surface area contributed by atoms with Crippen LogP contribution in [0.5, 0.6) is 23.0 Å². The highest BCUT2D eigenvalue weighted by molar-refractivity contribution is 5.94. The van der Waals surface area contributed by atoms with E-state index in [9.17, 15) is 19.8 Å². The minimum Gasteiger partial charge on any atom is -0.508 e. The molecular weight excluding hydrogens is 534 g/mol. The first-order chi connectivity index (χ1) is 20.3. The van der Waals surface area contributed by atoms with Crippen LogP contribution in [0.15, 0.2) is 60.7 Å². The van der Waals surface area contributed by atoms with Crippen molar-refractivity contribution in [1.82, 2.24) is 25.0 Å². The van der Waals surface area contributed by atoms with Gasteiger partial charge in [-0.1, -0.05) is 13.8 Å². The molecule has 0 unspecified atom stereocenters. The van der Waals surface area contributed by atoms with Crippen molar-refractivity contribution >= 4 is 11.8 Å². The normalized spacial score (nSPS) is 13.3. The van der Waals surface area contributed by atoms with E-state index in [-0.39, 0.29) is 35.0 Å². The number of aromatic hydroxyl groups is 2. The van der Waals surface area contributed by atoms with E-state index >= 15 is 0 Å². The van der Waals surface area contributed by atoms with Gasteiger partial charge in [-0.25, -0.2) is 0 Å². The molecule has 1 aromatic heterocycles. The molecule has 0 aliphatic carbocycles. The number of hydrogen-bond donors (Lipinski definition) is 3. The molecule has 0 atom stereocenters. The average molecular weight is 569 g/mol. The Hall–Kier alpha value is -4.86. The van der Waals surface area contributed by atoms with E-state index in [2.05, 4.69) is 21.9 Å². The molecule has 3 aromatic carbocycles. The van der Waals surface area contributed by atoms with Crippen molar-refractivity contribution in [3.63, 3.8) is 0 Å². The number of amides is 2. The molecule has 1 saturated heterocycles. The minimum absolute atomic E-state index is 0.0179. The average Bonchev–Trinajstić information content (AvgIpc) is 3.43. The molecule has 0 bridgehead atoms. The molecule has 2 heterocycles. The van der Waals surface area contributed by atoms with Gasteiger partial charge in [0.15, 0.2) is 5.82 Å². The van der Waals surface area contributed by atoms with E-state index < -0.39 is 5.91 Å². The summed E-state index contributed by atoms with van der Waals surface area (Å²) in [6, 6.07) is 17.0. The van der Waals surface area contributed by atoms with E-state index in [4.69, 9.17) is 4.74 Å². The molecule has 1 radical (unpaired) electrons. The molecule has 42 heavy (non-hydrogen) atoms. The standard InChI is InChI=1S/C32H34N5O5/c1-4-33-31(40)30-35-34-29(26-18-25(20(2)3)27(38)19-28(26)39)37(30)22-10-14-24(15-11-22)42-23-12-8-21(9-13-23)32(41)36-16-6-5-7-17-36/h5,8-15,18-20,38-39H,4,6-7,16-17H2,1-3H3,(H,33,40). The molecule has 4 aromatic rings. The molecule has 10 heteroatoms. The number of ether oxygens (including phenoxy) is 1. The summed E-state index contributed by atoms with van der Waals surface area (Å²) >= 11 is 0. The van der Waals surface area contributed by atoms with Gasteiger partial charge in [-0.3, -0.25) is 14.2 Å². The monoisotopic (exact) mass is 568 g/mol. The maximum Gasteiger partial charge on any atom is 0.289 e. The molecule has 10 nitrogen and oxygen atoms in total. The predicted molar refractivity (Wildman–Crippen MR) is 158 cm³/mol. The molecule has 3 N–H and O–H groups in total. The van der Waals surface area contributed by atoms with Crippen LogP contribution in [0.1, 0.15) is 66.1 Å². The van der Waals surface area contributed by atoms with Crippen LogP contribution in [0.25, 0.3) is 17.1 Å². The van der Waals surface area contributed by atoms with Crippen molar-refractivity contribution in [2.75, 3.05) is 19.6 Å². The Labute approximate surface area is 244 Å². The first kappa shape index (κ1) is 28.7. The number of piperidine rings is 1. The lowest BCUT2D eigenvalue weighted by Gasteiger charge is -2.26. The molecule has 2 amide bonds. The van der Waals surface area contributed by atoms with Gasteiger partial charge in [-0.2, -0.15) is 0 Å². The third-order valence-corrected chi connectivity index (χ3v) is 7.14. The fraction of sp³-hybridized carbons (Fsp3) is 0.281. The van der Waals surface area contributed by atoms with E-state index in [0.29, 0.717) is 40.4 Å². The second kappa shape index (κ2) is 12.3. The minimum atomic E-state index is -0.420. The number of nitrogens with one attached hydrogen (secondary N) is 1. The maximum absolute atomic E-state index is 12.9. The molecule has 217 valence electrons. The number of hydrogen-bond acceptors (Lipinski definition) is 7. The Bertz CT molecular complexity index is 1570. The predicted octanol–water partition coefficient (Wildman–Crippen LogP) is 5.45. The Balaban J connectivity index is 1.42. The number of benzene rings is 3. The van der Waals surface area contributed by atoms with E-state index in [1.165, 1.54) is 6.07 Å². The van der Waals surface area contributed by atoms with Crippen LogP contribution in [0.4, 0.5) is 0 Å². The van der Waals surface area contributed by atoms with Crippen LogP contribution in [-0.2, 0) is 0 Å². The molecule has 5 rings (SSSR count). The Kier molecular flexibility index (Phi) is 8.42. The number of likely N-dealkylation sites (tertiary alicyclic amines) is 1. The molecular formula is C32H34N5O5. The zero-order valence-corrected chi connectivity index (χ0v) is 23.9. The van der Waals surface area contributed by atoms with Gasteiger partial charge < -0.3 is 25.2 Å². The molecule has 0 saturated carbocycles. The quantitative estimate of drug-likeness (QED) is 0.258. The summed E-state index contributed by atoms with van der Waals surface area (Å²) in [6.07, 6.45) is 4.04. The number of nitrogens with zero attached hydrogens (tertiary/aromatic N) is 4. The molecule has 1 aliphatic heterocycles. The summed E-state index contributed by atoms with van der Waals surface area (Å²) in [5.74, 6) is 0.794. The maximum atomic E-state index is 12.9. The number of phenols is 2. The first-order valence-corrected chi connectivity index (χ1v) is 14.1. The van der Waals surface area contributed by atoms with E-state index in [1.54, 1.807) is 66.1 Å². The topological polar surface area (TPSA) is 130 Å². The molecule has 1 aliphatic rings. The number of rotatable bonds is 8. The lowest BCUT2D eigenvalue weighted by atomic mass is 9.98. The van der Waals surface area contributed by atoms with Crippen LogP contribution in [0.2, 0.25) is 0 Å². The van der Waals surface area contributed by atoms with E-state index in [1.807, 2.05) is 18.7 Å². The van der Waals surface area contributed by atoms with Crippen LogP contribution >= 0.6 is 0 Å². The summed E-state index contributed by atoms with van der Waals surface area (Å²) in [7, 11) is 0. The van der Waals surface area contributed by atoms with Crippen molar-refractivity contribution in [1.29, 1.82) is 0 Å². The van der Waals surface area contributed by atoms with Crippen molar-refractivity contribution in [2.24, 2.45) is 0 Å². The zero-order chi connectivity index (χ0) is 29.8. The summed E-state index contributed by atoms with van der Waals surface area (Å²) in [5.41, 5.74) is 2.15. The Morgan fingerprint density at radius 1 is 0.929 bits per heavy atom. The SMILES string of the molecule is CCNC(=O)c1nnc(-c2cc(C(C)C)c(O)cc2O)n1-c1ccc(Oc2ccc(C(=O)N3CC[CH]CC3)cc2)cc1. The highest BCUT2D eigenvalue weighted by Gasteiger charge is 2.24. The fourth-order valence-electron chi connectivity index (χ4n) is 4.93. The smallest absolute Gasteiger partial charge is 0.289 e. The Morgan fingerprint density at radius 3 is 2.19 bits per heavy atom.